The van der Waals surface area contributed by atoms with Crippen molar-refractivity contribution in [3.63, 3.8) is 0 Å². The number of primary amides is 1. The summed E-state index contributed by atoms with van der Waals surface area (Å²) in [4.78, 5) is 13.6. The van der Waals surface area contributed by atoms with Crippen molar-refractivity contribution < 1.29 is 4.79 Å². The van der Waals surface area contributed by atoms with Crippen LogP contribution in [0.2, 0.25) is 0 Å². The molecule has 1 aromatic heterocycles. The zero-order chi connectivity index (χ0) is 5.98. The van der Waals surface area contributed by atoms with Crippen molar-refractivity contribution in [3.05, 3.63) is 11.3 Å². The van der Waals surface area contributed by atoms with E-state index >= 15 is 0 Å². The van der Waals surface area contributed by atoms with Crippen LogP contribution in [0.5, 0.6) is 0 Å². The lowest BCUT2D eigenvalue weighted by Gasteiger charge is -1.76. The number of hydrogen-bond donors (Lipinski definition) is 1. The minimum absolute atomic E-state index is 0.0370. The standard InChI is InChI=1S/C3H2N3OS/c4-2(7)3-5-1-8-6-3/h(H2,4,7). The highest BCUT2D eigenvalue weighted by molar-refractivity contribution is 7.02. The predicted molar refractivity (Wildman–Crippen MR) is 27.3 cm³/mol. The molecule has 0 aliphatic rings. The van der Waals surface area contributed by atoms with Gasteiger partial charge >= 0.3 is 0 Å². The first-order chi connectivity index (χ1) is 3.80. The minimum atomic E-state index is -0.609. The Morgan fingerprint density at radius 2 is 2.62 bits per heavy atom. The lowest BCUT2D eigenvalue weighted by atomic mass is 10.6. The molecule has 8 heavy (non-hydrogen) atoms. The number of nitrogens with two attached hydrogens (primary N) is 1. The molecule has 0 saturated heterocycles. The van der Waals surface area contributed by atoms with Crippen molar-refractivity contribution in [1.82, 2.24) is 9.36 Å². The maximum atomic E-state index is 10.1. The fourth-order valence-electron chi connectivity index (χ4n) is 0.248. The Morgan fingerprint density at radius 3 is 2.88 bits per heavy atom. The highest BCUT2D eigenvalue weighted by Gasteiger charge is 2.01. The van der Waals surface area contributed by atoms with Crippen molar-refractivity contribution in [3.8, 4) is 0 Å². The van der Waals surface area contributed by atoms with Crippen LogP contribution >= 0.6 is 11.5 Å². The van der Waals surface area contributed by atoms with Gasteiger partial charge in [-0.25, -0.2) is 4.98 Å². The molecule has 41 valence electrons. The number of amides is 1. The van der Waals surface area contributed by atoms with Crippen LogP contribution in [-0.2, 0) is 0 Å². The first-order valence-electron chi connectivity index (χ1n) is 1.80. The predicted octanol–water partition coefficient (Wildman–Crippen LogP) is -0.563. The van der Waals surface area contributed by atoms with Crippen LogP contribution in [0, 0.1) is 5.51 Å². The normalized spacial score (nSPS) is 9.00. The van der Waals surface area contributed by atoms with Gasteiger partial charge in [0.25, 0.3) is 5.91 Å². The van der Waals surface area contributed by atoms with E-state index < -0.39 is 5.91 Å². The molecule has 0 aromatic carbocycles. The van der Waals surface area contributed by atoms with Gasteiger partial charge in [0, 0.05) is 0 Å². The molecule has 2 N–H and O–H groups in total. The van der Waals surface area contributed by atoms with Gasteiger partial charge in [0.15, 0.2) is 5.51 Å². The smallest absolute Gasteiger partial charge is 0.287 e. The van der Waals surface area contributed by atoms with Crippen LogP contribution < -0.4 is 5.73 Å². The van der Waals surface area contributed by atoms with Crippen molar-refractivity contribution in [2.45, 2.75) is 0 Å². The van der Waals surface area contributed by atoms with Crippen molar-refractivity contribution >= 4 is 17.4 Å². The van der Waals surface area contributed by atoms with Gasteiger partial charge < -0.3 is 5.73 Å². The summed E-state index contributed by atoms with van der Waals surface area (Å²) >= 11 is 0.981. The van der Waals surface area contributed by atoms with Gasteiger partial charge in [-0.1, -0.05) is 0 Å². The second-order valence-electron chi connectivity index (χ2n) is 1.07. The van der Waals surface area contributed by atoms with E-state index in [1.807, 2.05) is 0 Å². The number of hydrogen-bond acceptors (Lipinski definition) is 4. The molecule has 0 atom stereocenters. The number of nitrogens with zero attached hydrogens (tertiary/aromatic N) is 2. The van der Waals surface area contributed by atoms with Gasteiger partial charge in [-0.15, -0.1) is 0 Å². The van der Waals surface area contributed by atoms with Crippen molar-refractivity contribution in [2.75, 3.05) is 0 Å². The van der Waals surface area contributed by atoms with E-state index in [0.29, 0.717) is 0 Å². The summed E-state index contributed by atoms with van der Waals surface area (Å²) < 4.78 is 3.52. The Kier molecular flexibility index (Phi) is 1.21. The van der Waals surface area contributed by atoms with Crippen molar-refractivity contribution in [2.24, 2.45) is 5.73 Å². The van der Waals surface area contributed by atoms with Crippen LogP contribution in [0.3, 0.4) is 0 Å². The third-order valence-electron chi connectivity index (χ3n) is 0.545. The molecule has 0 bridgehead atoms. The Labute approximate surface area is 49.5 Å². The monoisotopic (exact) mass is 128 g/mol. The van der Waals surface area contributed by atoms with E-state index in [1.54, 1.807) is 0 Å². The molecule has 0 saturated carbocycles. The first kappa shape index (κ1) is 5.17. The van der Waals surface area contributed by atoms with Gasteiger partial charge in [0.2, 0.25) is 5.82 Å². The molecular formula is C3H2N3OS. The van der Waals surface area contributed by atoms with E-state index in [0.717, 1.165) is 11.5 Å². The molecule has 0 aliphatic carbocycles. The number of rotatable bonds is 1. The van der Waals surface area contributed by atoms with Gasteiger partial charge in [-0.3, -0.25) is 4.79 Å². The fraction of sp³-hybridized carbons (Fsp3) is 0. The summed E-state index contributed by atoms with van der Waals surface area (Å²) in [6.07, 6.45) is 0. The molecule has 1 heterocycles. The van der Waals surface area contributed by atoms with Crippen LogP contribution in [-0.4, -0.2) is 15.3 Å². The molecule has 0 unspecified atom stereocenters. The molecule has 0 fully saturated rings. The zero-order valence-electron chi connectivity index (χ0n) is 3.79. The molecular weight excluding hydrogens is 126 g/mol. The van der Waals surface area contributed by atoms with E-state index in [4.69, 9.17) is 5.73 Å². The van der Waals surface area contributed by atoms with Crippen LogP contribution in [0.1, 0.15) is 10.6 Å². The van der Waals surface area contributed by atoms with Crippen molar-refractivity contribution in [1.29, 1.82) is 0 Å². The SMILES string of the molecule is NC(=O)c1n[c]sn1. The Morgan fingerprint density at radius 1 is 1.88 bits per heavy atom. The van der Waals surface area contributed by atoms with Gasteiger partial charge in [-0.05, 0) is 11.5 Å². The Balaban J connectivity index is 2.93. The minimum Gasteiger partial charge on any atom is -0.363 e. The summed E-state index contributed by atoms with van der Waals surface area (Å²) in [6, 6.07) is 0. The molecule has 1 aromatic rings. The molecule has 5 heteroatoms. The van der Waals surface area contributed by atoms with E-state index in [2.05, 4.69) is 14.9 Å². The lowest BCUT2D eigenvalue weighted by molar-refractivity contribution is 0.0992. The Bertz CT molecular complexity index is 182. The summed E-state index contributed by atoms with van der Waals surface area (Å²) in [6.45, 7) is 0. The lowest BCUT2D eigenvalue weighted by Crippen LogP contribution is -2.12. The highest BCUT2D eigenvalue weighted by atomic mass is 32.1. The quantitative estimate of drug-likeness (QED) is 0.551. The Hall–Kier alpha value is -0.970. The molecule has 0 aliphatic heterocycles. The van der Waals surface area contributed by atoms with Gasteiger partial charge in [0.1, 0.15) is 0 Å². The zero-order valence-corrected chi connectivity index (χ0v) is 4.60. The maximum Gasteiger partial charge on any atom is 0.287 e. The molecule has 1 amide bonds. The maximum absolute atomic E-state index is 10.1. The van der Waals surface area contributed by atoms with E-state index in [-0.39, 0.29) is 5.82 Å². The highest BCUT2D eigenvalue weighted by Crippen LogP contribution is 1.89. The van der Waals surface area contributed by atoms with Crippen LogP contribution in [0.4, 0.5) is 0 Å². The number of carbonyl (C=O) groups is 1. The van der Waals surface area contributed by atoms with Crippen LogP contribution in [0.15, 0.2) is 0 Å². The average molecular weight is 128 g/mol. The van der Waals surface area contributed by atoms with E-state index in [9.17, 15) is 4.79 Å². The third-order valence-corrected chi connectivity index (χ3v) is 0.982. The average Bonchev–Trinajstić information content (AvgIpc) is 2.12. The number of carbonyl (C=O) groups excluding carboxylic acids is 1. The second-order valence-corrected chi connectivity index (χ2v) is 1.62. The molecule has 0 spiro atoms. The van der Waals surface area contributed by atoms with Gasteiger partial charge in [-0.2, -0.15) is 4.37 Å². The topological polar surface area (TPSA) is 68.9 Å². The summed E-state index contributed by atoms with van der Waals surface area (Å²) in [5.41, 5.74) is 7.17. The summed E-state index contributed by atoms with van der Waals surface area (Å²) in [7, 11) is 0. The fourth-order valence-corrected chi connectivity index (χ4v) is 0.633. The summed E-state index contributed by atoms with van der Waals surface area (Å²) in [5.74, 6) is -0.572. The van der Waals surface area contributed by atoms with Gasteiger partial charge in [0.05, 0.1) is 0 Å². The third kappa shape index (κ3) is 0.812. The largest absolute Gasteiger partial charge is 0.363 e. The number of aromatic nitrogens is 2. The molecule has 1 rings (SSSR count). The second kappa shape index (κ2) is 1.87. The van der Waals surface area contributed by atoms with Crippen LogP contribution in [0.25, 0.3) is 0 Å². The van der Waals surface area contributed by atoms with E-state index in [1.165, 1.54) is 0 Å². The molecule has 1 radical (unpaired) electrons. The first-order valence-corrected chi connectivity index (χ1v) is 2.57. The summed E-state index contributed by atoms with van der Waals surface area (Å²) in [5, 5.41) is 0. The molecule has 4 nitrogen and oxygen atoms in total.